The van der Waals surface area contributed by atoms with Gasteiger partial charge in [-0.15, -0.1) is 0 Å². The molecular formula is C26H30ClN3O4. The summed E-state index contributed by atoms with van der Waals surface area (Å²) < 4.78 is 6.74. The summed E-state index contributed by atoms with van der Waals surface area (Å²) in [5, 5.41) is 1.40. The van der Waals surface area contributed by atoms with Crippen molar-refractivity contribution in [3.63, 3.8) is 0 Å². The molecule has 0 spiro atoms. The maximum absolute atomic E-state index is 13.2. The SMILES string of the molecule is C.CCOC(=O)c1c(N2CCN(C(=O)c3ccc(Cl)cc3)CC2)c2cc(C)ccc2n(C)c1=O. The number of carbonyl (C=O) groups excluding carboxylic acids is 2. The number of piperazine rings is 1. The summed E-state index contributed by atoms with van der Waals surface area (Å²) >= 11 is 5.94. The van der Waals surface area contributed by atoms with Crippen LogP contribution in [-0.2, 0) is 11.8 Å². The van der Waals surface area contributed by atoms with Gasteiger partial charge >= 0.3 is 5.97 Å². The van der Waals surface area contributed by atoms with Crippen molar-refractivity contribution in [1.29, 1.82) is 0 Å². The number of nitrogens with zero attached hydrogens (tertiary/aromatic N) is 3. The molecule has 0 saturated carbocycles. The fraction of sp³-hybridized carbons (Fsp3) is 0.346. The molecule has 0 radical (unpaired) electrons. The van der Waals surface area contributed by atoms with Crippen molar-refractivity contribution in [3.05, 3.63) is 74.5 Å². The molecule has 0 unspecified atom stereocenters. The number of anilines is 1. The Morgan fingerprint density at radius 1 is 1.03 bits per heavy atom. The average molecular weight is 484 g/mol. The first kappa shape index (κ1) is 25.3. The summed E-state index contributed by atoms with van der Waals surface area (Å²) in [6, 6.07) is 12.6. The Hall–Kier alpha value is -3.32. The average Bonchev–Trinajstić information content (AvgIpc) is 2.81. The van der Waals surface area contributed by atoms with Crippen LogP contribution >= 0.6 is 11.6 Å². The van der Waals surface area contributed by atoms with E-state index >= 15 is 0 Å². The van der Waals surface area contributed by atoms with E-state index < -0.39 is 5.97 Å². The van der Waals surface area contributed by atoms with Gasteiger partial charge in [-0.2, -0.15) is 0 Å². The molecule has 1 fully saturated rings. The lowest BCUT2D eigenvalue weighted by atomic mass is 10.0. The van der Waals surface area contributed by atoms with Crippen LogP contribution in [0.25, 0.3) is 10.9 Å². The maximum Gasteiger partial charge on any atom is 0.345 e. The van der Waals surface area contributed by atoms with Gasteiger partial charge in [0.15, 0.2) is 0 Å². The van der Waals surface area contributed by atoms with E-state index in [9.17, 15) is 14.4 Å². The molecule has 7 nitrogen and oxygen atoms in total. The fourth-order valence-electron chi connectivity index (χ4n) is 4.27. The van der Waals surface area contributed by atoms with Crippen LogP contribution in [0.15, 0.2) is 47.3 Å². The largest absolute Gasteiger partial charge is 0.462 e. The van der Waals surface area contributed by atoms with Crippen LogP contribution in [0.2, 0.25) is 5.02 Å². The van der Waals surface area contributed by atoms with Gasteiger partial charge < -0.3 is 19.1 Å². The number of hydrogen-bond acceptors (Lipinski definition) is 5. The molecule has 1 aromatic heterocycles. The molecule has 1 aliphatic rings. The van der Waals surface area contributed by atoms with Gasteiger partial charge in [-0.25, -0.2) is 4.79 Å². The molecule has 1 saturated heterocycles. The molecule has 0 atom stereocenters. The summed E-state index contributed by atoms with van der Waals surface area (Å²) in [4.78, 5) is 42.7. The van der Waals surface area contributed by atoms with E-state index in [1.54, 1.807) is 43.1 Å². The monoisotopic (exact) mass is 483 g/mol. The molecule has 3 aromatic rings. The van der Waals surface area contributed by atoms with Gasteiger partial charge in [0.2, 0.25) is 0 Å². The summed E-state index contributed by atoms with van der Waals surface area (Å²) in [6.45, 7) is 5.77. The number of aryl methyl sites for hydroxylation is 2. The topological polar surface area (TPSA) is 71.8 Å². The zero-order valence-electron chi connectivity index (χ0n) is 18.9. The number of hydrogen-bond donors (Lipinski definition) is 0. The Balaban J connectivity index is 0.00000324. The van der Waals surface area contributed by atoms with Crippen LogP contribution < -0.4 is 10.5 Å². The molecule has 2 aromatic carbocycles. The first-order valence-corrected chi connectivity index (χ1v) is 11.3. The van der Waals surface area contributed by atoms with E-state index in [4.69, 9.17) is 16.3 Å². The zero-order valence-corrected chi connectivity index (χ0v) is 19.7. The van der Waals surface area contributed by atoms with E-state index in [1.165, 1.54) is 4.57 Å². The van der Waals surface area contributed by atoms with Crippen LogP contribution in [-0.4, -0.2) is 54.1 Å². The number of rotatable bonds is 4. The quantitative estimate of drug-likeness (QED) is 0.518. The number of amides is 1. The smallest absolute Gasteiger partial charge is 0.345 e. The van der Waals surface area contributed by atoms with Gasteiger partial charge in [0.1, 0.15) is 5.56 Å². The summed E-state index contributed by atoms with van der Waals surface area (Å²) in [5.74, 6) is -0.696. The molecule has 2 heterocycles. The van der Waals surface area contributed by atoms with E-state index in [0.29, 0.717) is 42.5 Å². The van der Waals surface area contributed by atoms with Crippen LogP contribution in [0.4, 0.5) is 5.69 Å². The van der Waals surface area contributed by atoms with E-state index in [2.05, 4.69) is 0 Å². The zero-order chi connectivity index (χ0) is 23.7. The van der Waals surface area contributed by atoms with Crippen molar-refractivity contribution in [2.45, 2.75) is 21.3 Å². The molecule has 0 bridgehead atoms. The Kier molecular flexibility index (Phi) is 7.67. The lowest BCUT2D eigenvalue weighted by Gasteiger charge is -2.37. The minimum absolute atomic E-state index is 0. The Bertz CT molecular complexity index is 1280. The Morgan fingerprint density at radius 2 is 1.68 bits per heavy atom. The first-order valence-electron chi connectivity index (χ1n) is 10.9. The third-order valence-corrected chi connectivity index (χ3v) is 6.23. The van der Waals surface area contributed by atoms with Gasteiger partial charge in [0.25, 0.3) is 11.5 Å². The van der Waals surface area contributed by atoms with E-state index in [0.717, 1.165) is 16.5 Å². The number of aromatic nitrogens is 1. The third kappa shape index (κ3) is 4.66. The number of fused-ring (bicyclic) bond motifs is 1. The van der Waals surface area contributed by atoms with E-state index in [1.807, 2.05) is 30.0 Å². The highest BCUT2D eigenvalue weighted by Crippen LogP contribution is 2.31. The van der Waals surface area contributed by atoms with E-state index in [-0.39, 0.29) is 31.1 Å². The molecule has 4 rings (SSSR count). The molecule has 0 aliphatic carbocycles. The van der Waals surface area contributed by atoms with Crippen LogP contribution in [0.1, 0.15) is 40.6 Å². The third-order valence-electron chi connectivity index (χ3n) is 5.98. The number of pyridine rings is 1. The highest BCUT2D eigenvalue weighted by molar-refractivity contribution is 6.30. The molecule has 0 N–H and O–H groups in total. The lowest BCUT2D eigenvalue weighted by Crippen LogP contribution is -2.49. The normalized spacial score (nSPS) is 13.5. The van der Waals surface area contributed by atoms with Gasteiger partial charge in [-0.3, -0.25) is 9.59 Å². The maximum atomic E-state index is 13.2. The fourth-order valence-corrected chi connectivity index (χ4v) is 4.39. The van der Waals surface area contributed by atoms with Crippen molar-refractivity contribution in [1.82, 2.24) is 9.47 Å². The van der Waals surface area contributed by atoms with Crippen LogP contribution in [0, 0.1) is 6.92 Å². The van der Waals surface area contributed by atoms with Crippen molar-refractivity contribution < 1.29 is 14.3 Å². The Morgan fingerprint density at radius 3 is 2.29 bits per heavy atom. The van der Waals surface area contributed by atoms with Crippen molar-refractivity contribution >= 4 is 40.1 Å². The Labute approximate surface area is 204 Å². The minimum atomic E-state index is -0.629. The molecular weight excluding hydrogens is 454 g/mol. The second-order valence-corrected chi connectivity index (χ2v) is 8.55. The van der Waals surface area contributed by atoms with Gasteiger partial charge in [-0.05, 0) is 50.2 Å². The summed E-state index contributed by atoms with van der Waals surface area (Å²) in [5.41, 5.74) is 2.57. The highest BCUT2D eigenvalue weighted by atomic mass is 35.5. The van der Waals surface area contributed by atoms with Gasteiger partial charge in [0.05, 0.1) is 17.8 Å². The molecule has 34 heavy (non-hydrogen) atoms. The predicted molar refractivity (Wildman–Crippen MR) is 136 cm³/mol. The molecule has 1 amide bonds. The second kappa shape index (κ2) is 10.3. The van der Waals surface area contributed by atoms with Crippen LogP contribution in [0.3, 0.4) is 0 Å². The number of ether oxygens (including phenoxy) is 1. The summed E-state index contributed by atoms with van der Waals surface area (Å²) in [6.07, 6.45) is 0. The van der Waals surface area contributed by atoms with Gasteiger partial charge in [-0.1, -0.05) is 30.7 Å². The lowest BCUT2D eigenvalue weighted by molar-refractivity contribution is 0.0523. The molecule has 180 valence electrons. The predicted octanol–water partition coefficient (Wildman–Crippen LogP) is 4.28. The van der Waals surface area contributed by atoms with Crippen LogP contribution in [0.5, 0.6) is 0 Å². The van der Waals surface area contributed by atoms with Gasteiger partial charge in [0, 0.05) is 49.2 Å². The number of esters is 1. The highest BCUT2D eigenvalue weighted by Gasteiger charge is 2.29. The van der Waals surface area contributed by atoms with Crippen molar-refractivity contribution in [2.75, 3.05) is 37.7 Å². The number of carbonyl (C=O) groups is 2. The van der Waals surface area contributed by atoms with Crippen molar-refractivity contribution in [3.8, 4) is 0 Å². The standard InChI is InChI=1S/C25H26ClN3O4.CH4/c1-4-33-25(32)21-22(19-15-16(2)5-10-20(19)27(3)24(21)31)28-11-13-29(14-12-28)23(30)17-6-8-18(26)9-7-17;/h5-10,15H,4,11-14H2,1-3H3;1H4. The van der Waals surface area contributed by atoms with Crippen molar-refractivity contribution in [2.24, 2.45) is 7.05 Å². The number of halogens is 1. The second-order valence-electron chi connectivity index (χ2n) is 8.11. The molecule has 1 aliphatic heterocycles. The minimum Gasteiger partial charge on any atom is -0.462 e. The summed E-state index contributed by atoms with van der Waals surface area (Å²) in [7, 11) is 1.66. The molecule has 8 heteroatoms. The first-order chi connectivity index (χ1) is 15.8. The number of benzene rings is 2.